The fraction of sp³-hybridized carbons (Fsp3) is 0.341. The standard InChI is InChI=1S/C44H53N9O16/c45-27(18-36(58)59)38(62)49-29(15-23-7-3-1-4-8-23)41(65)50-30(19-34(46)56)39(63)47-21-35(57)48-28(16-25-11-13-26(55)14-12-25)40(64)53-33(22-54)43(67)51-31(20-37(60)61)42(66)52-32(44(68)69)17-24-9-5-2-6-10-24/h1-14,27-33,54-55H,15-22,45H2,(H2,46,56)(H,47,63)(H,48,57)(H,49,62)(H,50,65)(H,51,67)(H,52,66)(H,53,64)(H,58,59)(H,60,61)(H,68,69)/t27-,28-,29-,30-,31-,32-,33-/m0/s1. The van der Waals surface area contributed by atoms with Crippen molar-refractivity contribution in [2.75, 3.05) is 13.2 Å². The molecule has 0 fully saturated rings. The Balaban J connectivity index is 1.76. The number of carboxylic acids is 3. The summed E-state index contributed by atoms with van der Waals surface area (Å²) in [7, 11) is 0. The number of amides is 8. The first-order valence-electron chi connectivity index (χ1n) is 20.9. The smallest absolute Gasteiger partial charge is 0.326 e. The van der Waals surface area contributed by atoms with Gasteiger partial charge in [-0.05, 0) is 28.8 Å². The van der Waals surface area contributed by atoms with Gasteiger partial charge in [-0.25, -0.2) is 4.79 Å². The van der Waals surface area contributed by atoms with Gasteiger partial charge in [0.1, 0.15) is 42.0 Å². The van der Waals surface area contributed by atoms with Crippen molar-refractivity contribution < 1.29 is 78.3 Å². The van der Waals surface area contributed by atoms with Crippen molar-refractivity contribution in [1.82, 2.24) is 37.2 Å². The molecule has 0 aliphatic heterocycles. The molecule has 3 aromatic carbocycles. The zero-order valence-corrected chi connectivity index (χ0v) is 36.7. The van der Waals surface area contributed by atoms with Crippen molar-refractivity contribution in [1.29, 1.82) is 0 Å². The highest BCUT2D eigenvalue weighted by atomic mass is 16.4. The van der Waals surface area contributed by atoms with Crippen LogP contribution in [-0.4, -0.2) is 146 Å². The summed E-state index contributed by atoms with van der Waals surface area (Å²) in [6, 6.07) is 9.76. The number of aliphatic hydroxyl groups excluding tert-OH is 1. The Labute approximate surface area is 392 Å². The first-order valence-corrected chi connectivity index (χ1v) is 20.9. The van der Waals surface area contributed by atoms with Gasteiger partial charge >= 0.3 is 17.9 Å². The maximum Gasteiger partial charge on any atom is 0.326 e. The molecule has 0 radical (unpaired) electrons. The Bertz CT molecular complexity index is 2320. The number of nitrogens with two attached hydrogens (primary N) is 2. The second kappa shape index (κ2) is 27.3. The van der Waals surface area contributed by atoms with Crippen molar-refractivity contribution in [3.05, 3.63) is 102 Å². The van der Waals surface area contributed by atoms with Gasteiger partial charge in [0.05, 0.1) is 38.5 Å². The fourth-order valence-corrected chi connectivity index (χ4v) is 6.36. The van der Waals surface area contributed by atoms with Gasteiger partial charge in [0.2, 0.25) is 47.3 Å². The van der Waals surface area contributed by atoms with E-state index in [1.165, 1.54) is 24.3 Å². The van der Waals surface area contributed by atoms with Gasteiger partial charge in [-0.2, -0.15) is 0 Å². The molecule has 69 heavy (non-hydrogen) atoms. The van der Waals surface area contributed by atoms with Gasteiger partial charge in [0.25, 0.3) is 0 Å². The van der Waals surface area contributed by atoms with Gasteiger partial charge in [-0.3, -0.25) is 47.9 Å². The van der Waals surface area contributed by atoms with Crippen LogP contribution in [0.3, 0.4) is 0 Å². The molecule has 0 heterocycles. The Morgan fingerprint density at radius 1 is 0.464 bits per heavy atom. The molecule has 0 saturated heterocycles. The predicted molar refractivity (Wildman–Crippen MR) is 238 cm³/mol. The molecule has 0 saturated carbocycles. The van der Waals surface area contributed by atoms with Crippen LogP contribution in [0.4, 0.5) is 0 Å². The van der Waals surface area contributed by atoms with Gasteiger partial charge in [-0.15, -0.1) is 0 Å². The van der Waals surface area contributed by atoms with E-state index in [2.05, 4.69) is 37.2 Å². The van der Waals surface area contributed by atoms with E-state index in [0.717, 1.165) is 0 Å². The molecule has 3 rings (SSSR count). The number of carboxylic acid groups (broad SMARTS) is 3. The summed E-state index contributed by atoms with van der Waals surface area (Å²) in [5.41, 5.74) is 12.4. The highest BCUT2D eigenvalue weighted by molar-refractivity contribution is 5.98. The molecule has 8 amide bonds. The second-order valence-corrected chi connectivity index (χ2v) is 15.4. The average molecular weight is 964 g/mol. The van der Waals surface area contributed by atoms with Gasteiger partial charge in [0.15, 0.2) is 0 Å². The number of rotatable bonds is 28. The molecule has 3 aromatic rings. The fourth-order valence-electron chi connectivity index (χ4n) is 6.36. The molecule has 0 unspecified atom stereocenters. The summed E-state index contributed by atoms with van der Waals surface area (Å²) in [6.45, 7) is -2.06. The lowest BCUT2D eigenvalue weighted by molar-refractivity contribution is -0.144. The molecule has 0 aromatic heterocycles. The Kier molecular flexibility index (Phi) is 21.7. The lowest BCUT2D eigenvalue weighted by Gasteiger charge is -2.25. The van der Waals surface area contributed by atoms with E-state index in [9.17, 15) is 73.2 Å². The van der Waals surface area contributed by atoms with Gasteiger partial charge < -0.3 is 74.2 Å². The highest BCUT2D eigenvalue weighted by Gasteiger charge is 2.34. The van der Waals surface area contributed by atoms with E-state index in [0.29, 0.717) is 16.7 Å². The van der Waals surface area contributed by atoms with Crippen LogP contribution in [0, 0.1) is 0 Å². The number of aliphatic carboxylic acids is 3. The van der Waals surface area contributed by atoms with E-state index in [1.807, 2.05) is 0 Å². The maximum absolute atomic E-state index is 13.7. The summed E-state index contributed by atoms with van der Waals surface area (Å²) >= 11 is 0. The quantitative estimate of drug-likeness (QED) is 0.0327. The third-order valence-corrected chi connectivity index (χ3v) is 9.86. The Morgan fingerprint density at radius 3 is 1.35 bits per heavy atom. The molecule has 0 aliphatic carbocycles. The summed E-state index contributed by atoms with van der Waals surface area (Å²) < 4.78 is 0. The lowest BCUT2D eigenvalue weighted by atomic mass is 10.0. The van der Waals surface area contributed by atoms with Crippen LogP contribution >= 0.6 is 0 Å². The largest absolute Gasteiger partial charge is 0.508 e. The molecule has 16 N–H and O–H groups in total. The Morgan fingerprint density at radius 2 is 0.870 bits per heavy atom. The van der Waals surface area contributed by atoms with E-state index in [-0.39, 0.29) is 25.0 Å². The minimum absolute atomic E-state index is 0.161. The first-order chi connectivity index (χ1) is 32.6. The number of nitrogens with one attached hydrogen (secondary N) is 7. The normalized spacial score (nSPS) is 13.8. The van der Waals surface area contributed by atoms with E-state index < -0.39 is 140 Å². The van der Waals surface area contributed by atoms with Crippen LogP contribution in [0.15, 0.2) is 84.9 Å². The average Bonchev–Trinajstić information content (AvgIpc) is 3.29. The topological polar surface area (TPSA) is 425 Å². The molecule has 370 valence electrons. The summed E-state index contributed by atoms with van der Waals surface area (Å²) in [6.07, 6.45) is -3.39. The van der Waals surface area contributed by atoms with Crippen molar-refractivity contribution in [3.8, 4) is 5.75 Å². The molecular weight excluding hydrogens is 911 g/mol. The van der Waals surface area contributed by atoms with Crippen LogP contribution in [0.5, 0.6) is 5.75 Å². The molecule has 0 aliphatic rings. The van der Waals surface area contributed by atoms with Crippen LogP contribution < -0.4 is 48.7 Å². The number of phenolic OH excluding ortho intramolecular Hbond substituents is 1. The second-order valence-electron chi connectivity index (χ2n) is 15.4. The monoisotopic (exact) mass is 963 g/mol. The van der Waals surface area contributed by atoms with E-state index in [4.69, 9.17) is 16.6 Å². The zero-order valence-electron chi connectivity index (χ0n) is 36.7. The number of carbonyl (C=O) groups is 11. The van der Waals surface area contributed by atoms with E-state index >= 15 is 0 Å². The number of aromatic hydroxyl groups is 1. The van der Waals surface area contributed by atoms with Crippen LogP contribution in [0.1, 0.15) is 36.0 Å². The van der Waals surface area contributed by atoms with Crippen LogP contribution in [0.2, 0.25) is 0 Å². The Hall–Kier alpha value is -8.45. The number of phenols is 1. The number of aliphatic hydroxyl groups is 1. The molecule has 0 bridgehead atoms. The number of hydrogen-bond acceptors (Lipinski definition) is 14. The maximum atomic E-state index is 13.7. The minimum Gasteiger partial charge on any atom is -0.508 e. The highest BCUT2D eigenvalue weighted by Crippen LogP contribution is 2.12. The number of benzene rings is 3. The predicted octanol–water partition coefficient (Wildman–Crippen LogP) is -4.33. The zero-order chi connectivity index (χ0) is 51.2. The lowest BCUT2D eigenvalue weighted by Crippen LogP contribution is -2.60. The van der Waals surface area contributed by atoms with Crippen molar-refractivity contribution in [3.63, 3.8) is 0 Å². The van der Waals surface area contributed by atoms with Crippen molar-refractivity contribution in [2.24, 2.45) is 11.5 Å². The van der Waals surface area contributed by atoms with Gasteiger partial charge in [0, 0.05) is 19.3 Å². The number of primary amides is 1. The molecule has 25 heteroatoms. The molecular formula is C44H53N9O16. The number of hydrogen-bond donors (Lipinski definition) is 14. The van der Waals surface area contributed by atoms with Crippen LogP contribution in [0.25, 0.3) is 0 Å². The minimum atomic E-state index is -1.91. The van der Waals surface area contributed by atoms with Crippen LogP contribution in [-0.2, 0) is 72.0 Å². The summed E-state index contributed by atoms with van der Waals surface area (Å²) in [4.78, 5) is 140. The van der Waals surface area contributed by atoms with E-state index in [1.54, 1.807) is 60.7 Å². The first kappa shape index (κ1) is 54.9. The molecule has 0 spiro atoms. The van der Waals surface area contributed by atoms with Crippen molar-refractivity contribution in [2.45, 2.75) is 80.8 Å². The van der Waals surface area contributed by atoms with Crippen molar-refractivity contribution >= 4 is 65.2 Å². The molecule has 7 atom stereocenters. The SMILES string of the molecule is NC(=O)C[C@H](NC(=O)[C@H](Cc1ccccc1)NC(=O)[C@@H](N)CC(=O)O)C(=O)NCC(=O)N[C@@H](Cc1ccc(O)cc1)C(=O)N[C@@H](CO)C(=O)N[C@@H](CC(=O)O)C(=O)N[C@@H](Cc1ccccc1)C(=O)O. The van der Waals surface area contributed by atoms with Gasteiger partial charge in [-0.1, -0.05) is 72.8 Å². The summed E-state index contributed by atoms with van der Waals surface area (Å²) in [5, 5.41) is 63.8. The summed E-state index contributed by atoms with van der Waals surface area (Å²) in [5.74, 6) is -13.6. The number of carbonyl (C=O) groups excluding carboxylic acids is 8. The third kappa shape index (κ3) is 19.5. The molecule has 25 nitrogen and oxygen atoms in total. The third-order valence-electron chi connectivity index (χ3n) is 9.86.